The molecule has 0 atom stereocenters. The van der Waals surface area contributed by atoms with E-state index in [1.54, 1.807) is 25.3 Å². The summed E-state index contributed by atoms with van der Waals surface area (Å²) < 4.78 is 10.4. The van der Waals surface area contributed by atoms with Crippen LogP contribution in [0.25, 0.3) is 10.9 Å². The third-order valence-electron chi connectivity index (χ3n) is 4.76. The Morgan fingerprint density at radius 3 is 2.60 bits per heavy atom. The lowest BCUT2D eigenvalue weighted by Crippen LogP contribution is -2.29. The first-order chi connectivity index (χ1) is 14.5. The molecule has 0 saturated heterocycles. The van der Waals surface area contributed by atoms with E-state index in [0.717, 1.165) is 22.0 Å². The Morgan fingerprint density at radius 2 is 1.90 bits per heavy atom. The second kappa shape index (κ2) is 9.14. The first-order valence-corrected chi connectivity index (χ1v) is 9.53. The van der Waals surface area contributed by atoms with Crippen LogP contribution < -0.4 is 20.1 Å². The zero-order valence-electron chi connectivity index (χ0n) is 17.5. The second-order valence-electron chi connectivity index (χ2n) is 6.89. The van der Waals surface area contributed by atoms with Gasteiger partial charge in [0, 0.05) is 24.5 Å². The van der Waals surface area contributed by atoms with E-state index in [0.29, 0.717) is 41.5 Å². The van der Waals surface area contributed by atoms with E-state index in [-0.39, 0.29) is 5.91 Å². The molecule has 0 radical (unpaired) electrons. The standard InChI is InChI=1S/C23H24N4O3/c1-14-9-15(2)19-11-16(13-24)22(27-20(19)10-14)25-7-8-26-23(28)18-6-5-17(29-3)12-21(18)30-4/h5-6,9-12H,7-8H2,1-4H3,(H,25,27)(H,26,28). The molecule has 1 heterocycles. The highest BCUT2D eigenvalue weighted by atomic mass is 16.5. The van der Waals surface area contributed by atoms with Gasteiger partial charge in [0.1, 0.15) is 23.4 Å². The minimum Gasteiger partial charge on any atom is -0.497 e. The quantitative estimate of drug-likeness (QED) is 0.584. The smallest absolute Gasteiger partial charge is 0.255 e. The van der Waals surface area contributed by atoms with Crippen LogP contribution in [0.3, 0.4) is 0 Å². The highest BCUT2D eigenvalue weighted by Gasteiger charge is 2.13. The van der Waals surface area contributed by atoms with E-state index in [9.17, 15) is 10.1 Å². The van der Waals surface area contributed by atoms with Crippen molar-refractivity contribution < 1.29 is 14.3 Å². The van der Waals surface area contributed by atoms with E-state index < -0.39 is 0 Å². The number of hydrogen-bond acceptors (Lipinski definition) is 6. The van der Waals surface area contributed by atoms with Gasteiger partial charge in [0.2, 0.25) is 0 Å². The monoisotopic (exact) mass is 404 g/mol. The number of fused-ring (bicyclic) bond motifs is 1. The number of aryl methyl sites for hydroxylation is 2. The molecule has 2 N–H and O–H groups in total. The number of rotatable bonds is 7. The van der Waals surface area contributed by atoms with Crippen LogP contribution in [0.15, 0.2) is 36.4 Å². The summed E-state index contributed by atoms with van der Waals surface area (Å²) in [4.78, 5) is 17.1. The number of methoxy groups -OCH3 is 2. The van der Waals surface area contributed by atoms with Crippen molar-refractivity contribution in [3.63, 3.8) is 0 Å². The average Bonchev–Trinajstić information content (AvgIpc) is 2.75. The van der Waals surface area contributed by atoms with Gasteiger partial charge in [-0.3, -0.25) is 4.79 Å². The Morgan fingerprint density at radius 1 is 1.10 bits per heavy atom. The number of anilines is 1. The maximum Gasteiger partial charge on any atom is 0.255 e. The summed E-state index contributed by atoms with van der Waals surface area (Å²) in [5.41, 5.74) is 3.93. The molecule has 3 aromatic rings. The van der Waals surface area contributed by atoms with Crippen LogP contribution in [0.5, 0.6) is 11.5 Å². The molecule has 1 aromatic heterocycles. The maximum atomic E-state index is 12.5. The van der Waals surface area contributed by atoms with Crippen molar-refractivity contribution in [2.75, 3.05) is 32.6 Å². The molecule has 0 aliphatic heterocycles. The number of carbonyl (C=O) groups excluding carboxylic acids is 1. The number of nitrogens with zero attached hydrogens (tertiary/aromatic N) is 2. The third-order valence-corrected chi connectivity index (χ3v) is 4.76. The van der Waals surface area contributed by atoms with Gasteiger partial charge < -0.3 is 20.1 Å². The molecular weight excluding hydrogens is 380 g/mol. The molecule has 0 spiro atoms. The molecule has 0 saturated carbocycles. The minimum absolute atomic E-state index is 0.255. The lowest BCUT2D eigenvalue weighted by atomic mass is 10.0. The number of hydrogen-bond donors (Lipinski definition) is 2. The molecule has 1 amide bonds. The van der Waals surface area contributed by atoms with Crippen LogP contribution in [0, 0.1) is 25.2 Å². The summed E-state index contributed by atoms with van der Waals surface area (Å²) in [7, 11) is 3.06. The van der Waals surface area contributed by atoms with Crippen molar-refractivity contribution in [1.29, 1.82) is 5.26 Å². The third kappa shape index (κ3) is 4.44. The predicted octanol–water partition coefficient (Wildman–Crippen LogP) is 3.58. The van der Waals surface area contributed by atoms with Gasteiger partial charge in [-0.1, -0.05) is 6.07 Å². The Labute approximate surface area is 175 Å². The van der Waals surface area contributed by atoms with Gasteiger partial charge in [-0.05, 0) is 49.2 Å². The number of amides is 1. The highest BCUT2D eigenvalue weighted by Crippen LogP contribution is 2.25. The Hall–Kier alpha value is -3.79. The van der Waals surface area contributed by atoms with Crippen molar-refractivity contribution in [3.05, 3.63) is 58.7 Å². The van der Waals surface area contributed by atoms with Gasteiger partial charge in [0.15, 0.2) is 0 Å². The lowest BCUT2D eigenvalue weighted by molar-refractivity contribution is 0.0952. The average molecular weight is 404 g/mol. The summed E-state index contributed by atoms with van der Waals surface area (Å²) in [6.07, 6.45) is 0. The molecule has 30 heavy (non-hydrogen) atoms. The summed E-state index contributed by atoms with van der Waals surface area (Å²) in [5.74, 6) is 1.30. The van der Waals surface area contributed by atoms with E-state index in [1.807, 2.05) is 26.0 Å². The minimum atomic E-state index is -0.255. The first-order valence-electron chi connectivity index (χ1n) is 9.53. The van der Waals surface area contributed by atoms with Gasteiger partial charge in [0.25, 0.3) is 5.91 Å². The topological polar surface area (TPSA) is 96.3 Å². The van der Waals surface area contributed by atoms with E-state index in [4.69, 9.17) is 9.47 Å². The van der Waals surface area contributed by atoms with E-state index >= 15 is 0 Å². The molecule has 3 rings (SSSR count). The van der Waals surface area contributed by atoms with Crippen molar-refractivity contribution >= 4 is 22.6 Å². The molecule has 0 unspecified atom stereocenters. The van der Waals surface area contributed by atoms with Gasteiger partial charge in [-0.2, -0.15) is 5.26 Å². The fraction of sp³-hybridized carbons (Fsp3) is 0.261. The van der Waals surface area contributed by atoms with Gasteiger partial charge >= 0.3 is 0 Å². The van der Waals surface area contributed by atoms with Crippen molar-refractivity contribution in [3.8, 4) is 17.6 Å². The van der Waals surface area contributed by atoms with Crippen LogP contribution in [0.2, 0.25) is 0 Å². The number of benzene rings is 2. The summed E-state index contributed by atoms with van der Waals surface area (Å²) >= 11 is 0. The summed E-state index contributed by atoms with van der Waals surface area (Å²) in [6.45, 7) is 4.80. The molecule has 154 valence electrons. The van der Waals surface area contributed by atoms with Crippen LogP contribution in [0.4, 0.5) is 5.82 Å². The Balaban J connectivity index is 1.67. The molecule has 0 bridgehead atoms. The van der Waals surface area contributed by atoms with Gasteiger partial charge in [-0.15, -0.1) is 0 Å². The second-order valence-corrected chi connectivity index (χ2v) is 6.89. The van der Waals surface area contributed by atoms with Crippen LogP contribution in [-0.2, 0) is 0 Å². The lowest BCUT2D eigenvalue weighted by Gasteiger charge is -2.13. The zero-order valence-corrected chi connectivity index (χ0v) is 17.5. The number of ether oxygens (including phenoxy) is 2. The van der Waals surface area contributed by atoms with Crippen LogP contribution in [0.1, 0.15) is 27.0 Å². The van der Waals surface area contributed by atoms with Crippen LogP contribution in [-0.4, -0.2) is 38.2 Å². The van der Waals surface area contributed by atoms with E-state index in [1.165, 1.54) is 7.11 Å². The first kappa shape index (κ1) is 20.9. The Bertz CT molecular complexity index is 1140. The molecule has 0 fully saturated rings. The van der Waals surface area contributed by atoms with Crippen LogP contribution >= 0.6 is 0 Å². The molecule has 0 aliphatic carbocycles. The Kier molecular flexibility index (Phi) is 6.38. The summed E-state index contributed by atoms with van der Waals surface area (Å²) in [5, 5.41) is 16.4. The molecule has 0 aliphatic rings. The number of nitriles is 1. The number of nitrogens with one attached hydrogen (secondary N) is 2. The highest BCUT2D eigenvalue weighted by molar-refractivity contribution is 5.97. The maximum absolute atomic E-state index is 12.5. The fourth-order valence-corrected chi connectivity index (χ4v) is 3.29. The molecule has 7 nitrogen and oxygen atoms in total. The number of pyridine rings is 1. The van der Waals surface area contributed by atoms with Crippen molar-refractivity contribution in [1.82, 2.24) is 10.3 Å². The normalized spacial score (nSPS) is 10.4. The zero-order chi connectivity index (χ0) is 21.7. The molecule has 7 heteroatoms. The predicted molar refractivity (Wildman–Crippen MR) is 116 cm³/mol. The SMILES string of the molecule is COc1ccc(C(=O)NCCNc2nc3cc(C)cc(C)c3cc2C#N)c(OC)c1. The van der Waals surface area contributed by atoms with Crippen molar-refractivity contribution in [2.24, 2.45) is 0 Å². The largest absolute Gasteiger partial charge is 0.497 e. The number of carbonyl (C=O) groups is 1. The molecule has 2 aromatic carbocycles. The van der Waals surface area contributed by atoms with Gasteiger partial charge in [-0.25, -0.2) is 4.98 Å². The molecular formula is C23H24N4O3. The van der Waals surface area contributed by atoms with Crippen molar-refractivity contribution in [2.45, 2.75) is 13.8 Å². The fourth-order valence-electron chi connectivity index (χ4n) is 3.29. The van der Waals surface area contributed by atoms with E-state index in [2.05, 4.69) is 27.8 Å². The number of aromatic nitrogens is 1. The summed E-state index contributed by atoms with van der Waals surface area (Å²) in [6, 6.07) is 13.1. The van der Waals surface area contributed by atoms with Gasteiger partial charge in [0.05, 0.1) is 30.9 Å².